The number of anilines is 1. The van der Waals surface area contributed by atoms with Crippen molar-refractivity contribution in [2.45, 2.75) is 33.3 Å². The first-order chi connectivity index (χ1) is 10.7. The van der Waals surface area contributed by atoms with Crippen molar-refractivity contribution < 1.29 is 23.5 Å². The summed E-state index contributed by atoms with van der Waals surface area (Å²) in [7, 11) is 0. The van der Waals surface area contributed by atoms with Crippen LogP contribution in [0.25, 0.3) is 11.0 Å². The van der Waals surface area contributed by atoms with Crippen LogP contribution in [-0.4, -0.2) is 24.3 Å². The van der Waals surface area contributed by atoms with Crippen LogP contribution in [-0.2, 0) is 9.47 Å². The van der Waals surface area contributed by atoms with Crippen molar-refractivity contribution in [3.05, 3.63) is 28.4 Å². The lowest BCUT2D eigenvalue weighted by atomic mass is 10.2. The van der Waals surface area contributed by atoms with E-state index in [0.717, 1.165) is 4.47 Å². The van der Waals surface area contributed by atoms with Crippen LogP contribution in [0.5, 0.6) is 0 Å². The van der Waals surface area contributed by atoms with Crippen LogP contribution in [0.3, 0.4) is 0 Å². The average Bonchev–Trinajstić information content (AvgIpc) is 2.75. The number of hydrogen-bond acceptors (Lipinski definition) is 5. The van der Waals surface area contributed by atoms with Gasteiger partial charge in [-0.05, 0) is 45.9 Å². The van der Waals surface area contributed by atoms with Gasteiger partial charge in [0.1, 0.15) is 16.9 Å². The molecule has 0 spiro atoms. The molecule has 1 aromatic carbocycles. The van der Waals surface area contributed by atoms with Crippen LogP contribution in [0.1, 0.15) is 38.2 Å². The SMILES string of the molecule is CCOC(=O)c1oc2ccc(Br)cc2c1NC(=O)OC(C)(C)C. The molecular formula is C16H18BrNO5. The quantitative estimate of drug-likeness (QED) is 0.775. The Morgan fingerprint density at radius 2 is 2.00 bits per heavy atom. The molecule has 1 amide bonds. The molecule has 0 saturated heterocycles. The molecule has 0 bridgehead atoms. The molecule has 1 aromatic heterocycles. The van der Waals surface area contributed by atoms with Crippen molar-refractivity contribution >= 4 is 44.6 Å². The van der Waals surface area contributed by atoms with Crippen molar-refractivity contribution in [3.8, 4) is 0 Å². The van der Waals surface area contributed by atoms with E-state index in [0.29, 0.717) is 11.0 Å². The molecule has 2 rings (SSSR count). The number of halogens is 1. The molecule has 0 atom stereocenters. The van der Waals surface area contributed by atoms with Gasteiger partial charge in [0.25, 0.3) is 0 Å². The molecule has 0 fully saturated rings. The van der Waals surface area contributed by atoms with Crippen molar-refractivity contribution in [2.75, 3.05) is 11.9 Å². The van der Waals surface area contributed by atoms with Crippen LogP contribution < -0.4 is 5.32 Å². The van der Waals surface area contributed by atoms with Crippen molar-refractivity contribution in [3.63, 3.8) is 0 Å². The van der Waals surface area contributed by atoms with Gasteiger partial charge in [0.15, 0.2) is 0 Å². The Balaban J connectivity index is 2.45. The fraction of sp³-hybridized carbons (Fsp3) is 0.375. The normalized spacial score (nSPS) is 11.3. The number of carbonyl (C=O) groups is 2. The zero-order valence-corrected chi connectivity index (χ0v) is 14.9. The van der Waals surface area contributed by atoms with Gasteiger partial charge in [-0.15, -0.1) is 0 Å². The Morgan fingerprint density at radius 1 is 1.30 bits per heavy atom. The number of fused-ring (bicyclic) bond motifs is 1. The van der Waals surface area contributed by atoms with Crippen LogP contribution in [0.4, 0.5) is 10.5 Å². The fourth-order valence-electron chi connectivity index (χ4n) is 1.94. The maximum Gasteiger partial charge on any atom is 0.412 e. The average molecular weight is 384 g/mol. The molecule has 0 saturated carbocycles. The fourth-order valence-corrected chi connectivity index (χ4v) is 2.30. The van der Waals surface area contributed by atoms with Gasteiger partial charge in [-0.25, -0.2) is 9.59 Å². The predicted octanol–water partition coefficient (Wildman–Crippen LogP) is 4.72. The molecular weight excluding hydrogens is 366 g/mol. The molecule has 0 radical (unpaired) electrons. The Bertz CT molecular complexity index is 745. The lowest BCUT2D eigenvalue weighted by Gasteiger charge is -2.19. The van der Waals surface area contributed by atoms with Gasteiger partial charge < -0.3 is 13.9 Å². The summed E-state index contributed by atoms with van der Waals surface area (Å²) in [6, 6.07) is 5.22. The molecule has 0 aliphatic rings. The number of benzene rings is 1. The van der Waals surface area contributed by atoms with Gasteiger partial charge >= 0.3 is 12.1 Å². The highest BCUT2D eigenvalue weighted by Crippen LogP contribution is 2.33. The number of carbonyl (C=O) groups excluding carboxylic acids is 2. The maximum absolute atomic E-state index is 12.1. The third-order valence-electron chi connectivity index (χ3n) is 2.74. The second kappa shape index (κ2) is 6.62. The zero-order chi connectivity index (χ0) is 17.2. The molecule has 0 aliphatic carbocycles. The summed E-state index contributed by atoms with van der Waals surface area (Å²) in [6.45, 7) is 7.15. The van der Waals surface area contributed by atoms with E-state index in [1.165, 1.54) is 0 Å². The minimum Gasteiger partial charge on any atom is -0.460 e. The minimum atomic E-state index is -0.675. The summed E-state index contributed by atoms with van der Waals surface area (Å²) < 4.78 is 16.5. The smallest absolute Gasteiger partial charge is 0.412 e. The number of ether oxygens (including phenoxy) is 2. The van der Waals surface area contributed by atoms with E-state index in [4.69, 9.17) is 13.9 Å². The highest BCUT2D eigenvalue weighted by molar-refractivity contribution is 9.10. The molecule has 0 aliphatic heterocycles. The molecule has 23 heavy (non-hydrogen) atoms. The summed E-state index contributed by atoms with van der Waals surface area (Å²) >= 11 is 3.36. The van der Waals surface area contributed by atoms with Crippen molar-refractivity contribution in [1.29, 1.82) is 0 Å². The number of furan rings is 1. The van der Waals surface area contributed by atoms with Gasteiger partial charge in [-0.3, -0.25) is 5.32 Å². The third-order valence-corrected chi connectivity index (χ3v) is 3.23. The summed E-state index contributed by atoms with van der Waals surface area (Å²) in [4.78, 5) is 24.1. The van der Waals surface area contributed by atoms with Crippen molar-refractivity contribution in [2.24, 2.45) is 0 Å². The van der Waals surface area contributed by atoms with E-state index in [-0.39, 0.29) is 18.1 Å². The van der Waals surface area contributed by atoms with Crippen LogP contribution in [0.2, 0.25) is 0 Å². The van der Waals surface area contributed by atoms with E-state index in [1.807, 2.05) is 0 Å². The van der Waals surface area contributed by atoms with E-state index < -0.39 is 17.7 Å². The number of rotatable bonds is 3. The Labute approximate surface area is 142 Å². The summed E-state index contributed by atoms with van der Waals surface area (Å²) in [6.07, 6.45) is -0.675. The number of esters is 1. The predicted molar refractivity (Wildman–Crippen MR) is 89.7 cm³/mol. The maximum atomic E-state index is 12.1. The molecule has 7 heteroatoms. The Morgan fingerprint density at radius 3 is 2.61 bits per heavy atom. The molecule has 0 unspecified atom stereocenters. The first kappa shape index (κ1) is 17.3. The highest BCUT2D eigenvalue weighted by atomic mass is 79.9. The first-order valence-corrected chi connectivity index (χ1v) is 7.89. The summed E-state index contributed by atoms with van der Waals surface area (Å²) in [5.41, 5.74) is 0.0326. The third kappa shape index (κ3) is 4.25. The van der Waals surface area contributed by atoms with Gasteiger partial charge in [-0.2, -0.15) is 0 Å². The van der Waals surface area contributed by atoms with E-state index in [9.17, 15) is 9.59 Å². The zero-order valence-electron chi connectivity index (χ0n) is 13.4. The molecule has 2 aromatic rings. The van der Waals surface area contributed by atoms with Crippen molar-refractivity contribution in [1.82, 2.24) is 0 Å². The monoisotopic (exact) mass is 383 g/mol. The van der Waals surface area contributed by atoms with E-state index in [2.05, 4.69) is 21.2 Å². The minimum absolute atomic E-state index is 0.0641. The summed E-state index contributed by atoms with van der Waals surface area (Å²) in [5.74, 6) is -0.711. The highest BCUT2D eigenvalue weighted by Gasteiger charge is 2.25. The summed E-state index contributed by atoms with van der Waals surface area (Å²) in [5, 5.41) is 3.16. The Kier molecular flexibility index (Phi) is 4.99. The second-order valence-corrected chi connectivity index (χ2v) is 6.71. The molecule has 6 nitrogen and oxygen atoms in total. The molecule has 1 N–H and O–H groups in total. The number of nitrogens with one attached hydrogen (secondary N) is 1. The van der Waals surface area contributed by atoms with Gasteiger partial charge in [0.2, 0.25) is 5.76 Å². The standard InChI is InChI=1S/C16H18BrNO5/c1-5-21-14(19)13-12(18-15(20)23-16(2,3)4)10-8-9(17)6-7-11(10)22-13/h6-8H,5H2,1-4H3,(H,18,20). The van der Waals surface area contributed by atoms with E-state index in [1.54, 1.807) is 45.9 Å². The second-order valence-electron chi connectivity index (χ2n) is 5.79. The van der Waals surface area contributed by atoms with Crippen LogP contribution >= 0.6 is 15.9 Å². The van der Waals surface area contributed by atoms with Gasteiger partial charge in [-0.1, -0.05) is 15.9 Å². The van der Waals surface area contributed by atoms with Gasteiger partial charge in [0, 0.05) is 9.86 Å². The van der Waals surface area contributed by atoms with Gasteiger partial charge in [0.05, 0.1) is 6.61 Å². The Hall–Kier alpha value is -2.02. The molecule has 1 heterocycles. The lowest BCUT2D eigenvalue weighted by molar-refractivity contribution is 0.0494. The lowest BCUT2D eigenvalue weighted by Crippen LogP contribution is -2.27. The largest absolute Gasteiger partial charge is 0.460 e. The molecule has 124 valence electrons. The van der Waals surface area contributed by atoms with E-state index >= 15 is 0 Å². The van der Waals surface area contributed by atoms with Crippen LogP contribution in [0.15, 0.2) is 27.1 Å². The number of amides is 1. The van der Waals surface area contributed by atoms with Crippen LogP contribution in [0, 0.1) is 0 Å². The first-order valence-electron chi connectivity index (χ1n) is 7.10. The number of hydrogen-bond donors (Lipinski definition) is 1. The topological polar surface area (TPSA) is 77.8 Å².